The smallest absolute Gasteiger partial charge is 0.227 e. The van der Waals surface area contributed by atoms with Crippen molar-refractivity contribution in [2.24, 2.45) is 7.05 Å². The first-order valence-electron chi connectivity index (χ1n) is 7.38. The van der Waals surface area contributed by atoms with Gasteiger partial charge in [0, 0.05) is 45.6 Å². The maximum atomic E-state index is 12.9. The van der Waals surface area contributed by atoms with Crippen molar-refractivity contribution in [3.63, 3.8) is 0 Å². The number of carbonyl (C=O) groups is 1. The van der Waals surface area contributed by atoms with E-state index < -0.39 is 0 Å². The van der Waals surface area contributed by atoms with Crippen molar-refractivity contribution < 1.29 is 9.18 Å². The average molecular weight is 302 g/mol. The number of hydrogen-bond acceptors (Lipinski definition) is 3. The lowest BCUT2D eigenvalue weighted by Crippen LogP contribution is -2.49. The van der Waals surface area contributed by atoms with Gasteiger partial charge in [0.2, 0.25) is 11.9 Å². The summed E-state index contributed by atoms with van der Waals surface area (Å²) in [6, 6.07) is 6.11. The largest absolute Gasteiger partial charge is 0.339 e. The minimum absolute atomic E-state index is 0.0890. The summed E-state index contributed by atoms with van der Waals surface area (Å²) >= 11 is 0. The molecule has 1 aromatic heterocycles. The van der Waals surface area contributed by atoms with Crippen LogP contribution in [0.3, 0.4) is 0 Å². The predicted molar refractivity (Wildman–Crippen MR) is 82.1 cm³/mol. The lowest BCUT2D eigenvalue weighted by atomic mass is 10.1. The van der Waals surface area contributed by atoms with E-state index in [-0.39, 0.29) is 11.7 Å². The molecule has 1 fully saturated rings. The van der Waals surface area contributed by atoms with Gasteiger partial charge in [-0.2, -0.15) is 0 Å². The summed E-state index contributed by atoms with van der Waals surface area (Å²) in [5.41, 5.74) is 0.845. The highest BCUT2D eigenvalue weighted by atomic mass is 19.1. The molecule has 5 nitrogen and oxygen atoms in total. The van der Waals surface area contributed by atoms with Gasteiger partial charge in [-0.25, -0.2) is 9.37 Å². The Labute approximate surface area is 129 Å². The zero-order chi connectivity index (χ0) is 15.5. The number of hydrogen-bond donors (Lipinski definition) is 0. The van der Waals surface area contributed by atoms with E-state index in [0.717, 1.165) is 24.6 Å². The number of piperazine rings is 1. The van der Waals surface area contributed by atoms with Gasteiger partial charge >= 0.3 is 0 Å². The molecule has 2 aromatic rings. The van der Waals surface area contributed by atoms with Crippen LogP contribution in [0.1, 0.15) is 5.56 Å². The Morgan fingerprint density at radius 2 is 1.86 bits per heavy atom. The van der Waals surface area contributed by atoms with Crippen LogP contribution in [0.25, 0.3) is 0 Å². The second-order valence-electron chi connectivity index (χ2n) is 5.51. The third kappa shape index (κ3) is 3.10. The van der Waals surface area contributed by atoms with Crippen molar-refractivity contribution in [1.29, 1.82) is 0 Å². The van der Waals surface area contributed by atoms with Gasteiger partial charge in [-0.15, -0.1) is 0 Å². The molecule has 1 aliphatic heterocycles. The summed E-state index contributed by atoms with van der Waals surface area (Å²) in [5.74, 6) is 0.747. The Bertz CT molecular complexity index is 644. The lowest BCUT2D eigenvalue weighted by molar-refractivity contribution is -0.130. The van der Waals surface area contributed by atoms with Crippen molar-refractivity contribution in [1.82, 2.24) is 14.5 Å². The van der Waals surface area contributed by atoms with Crippen molar-refractivity contribution >= 4 is 11.9 Å². The maximum absolute atomic E-state index is 12.9. The summed E-state index contributed by atoms with van der Waals surface area (Å²) in [6.45, 7) is 2.93. The van der Waals surface area contributed by atoms with E-state index in [9.17, 15) is 9.18 Å². The minimum Gasteiger partial charge on any atom is -0.339 e. The molecule has 1 aliphatic rings. The Kier molecular flexibility index (Phi) is 4.09. The van der Waals surface area contributed by atoms with Gasteiger partial charge in [-0.3, -0.25) is 4.79 Å². The molecule has 2 heterocycles. The number of anilines is 1. The normalized spacial score (nSPS) is 15.2. The van der Waals surface area contributed by atoms with E-state index in [1.807, 2.05) is 22.7 Å². The van der Waals surface area contributed by atoms with Gasteiger partial charge in [0.1, 0.15) is 5.82 Å². The molecule has 0 atom stereocenters. The average Bonchev–Trinajstić information content (AvgIpc) is 2.96. The molecule has 0 radical (unpaired) electrons. The summed E-state index contributed by atoms with van der Waals surface area (Å²) in [7, 11) is 1.97. The molecule has 0 saturated carbocycles. The van der Waals surface area contributed by atoms with Crippen molar-refractivity contribution in [2.45, 2.75) is 6.42 Å². The monoisotopic (exact) mass is 302 g/mol. The molecule has 6 heteroatoms. The highest BCUT2D eigenvalue weighted by molar-refractivity contribution is 5.79. The summed E-state index contributed by atoms with van der Waals surface area (Å²) in [5, 5.41) is 0. The Morgan fingerprint density at radius 3 is 2.45 bits per heavy atom. The molecule has 116 valence electrons. The number of aromatic nitrogens is 2. The second-order valence-corrected chi connectivity index (χ2v) is 5.51. The summed E-state index contributed by atoms with van der Waals surface area (Å²) in [4.78, 5) is 20.7. The molecular formula is C16H19FN4O. The molecule has 0 bridgehead atoms. The molecule has 0 unspecified atom stereocenters. The molecule has 0 N–H and O–H groups in total. The Balaban J connectivity index is 1.56. The molecule has 1 aromatic carbocycles. The molecule has 0 spiro atoms. The molecule has 0 aliphatic carbocycles. The fraction of sp³-hybridized carbons (Fsp3) is 0.375. The second kappa shape index (κ2) is 6.17. The van der Waals surface area contributed by atoms with Gasteiger partial charge in [-0.1, -0.05) is 12.1 Å². The SMILES string of the molecule is Cn1ccnc1N1CCN(C(=O)Cc2ccc(F)cc2)CC1. The first-order chi connectivity index (χ1) is 10.6. The Hall–Kier alpha value is -2.37. The number of aryl methyl sites for hydroxylation is 1. The molecular weight excluding hydrogens is 283 g/mol. The van der Waals surface area contributed by atoms with Crippen LogP contribution in [-0.4, -0.2) is 46.5 Å². The van der Waals surface area contributed by atoms with E-state index in [2.05, 4.69) is 9.88 Å². The number of rotatable bonds is 3. The first-order valence-corrected chi connectivity index (χ1v) is 7.38. The van der Waals surface area contributed by atoms with Crippen LogP contribution in [-0.2, 0) is 18.3 Å². The fourth-order valence-corrected chi connectivity index (χ4v) is 2.71. The van der Waals surface area contributed by atoms with Gasteiger partial charge in [0.25, 0.3) is 0 Å². The van der Waals surface area contributed by atoms with E-state index in [1.54, 1.807) is 18.3 Å². The number of imidazole rings is 1. The highest BCUT2D eigenvalue weighted by Gasteiger charge is 2.22. The number of benzene rings is 1. The molecule has 3 rings (SSSR count). The number of carbonyl (C=O) groups excluding carboxylic acids is 1. The highest BCUT2D eigenvalue weighted by Crippen LogP contribution is 2.14. The third-order valence-corrected chi connectivity index (χ3v) is 3.98. The van der Waals surface area contributed by atoms with Gasteiger partial charge in [-0.05, 0) is 17.7 Å². The summed E-state index contributed by atoms with van der Waals surface area (Å²) < 4.78 is 14.9. The fourth-order valence-electron chi connectivity index (χ4n) is 2.71. The quantitative estimate of drug-likeness (QED) is 0.862. The minimum atomic E-state index is -0.278. The predicted octanol–water partition coefficient (Wildman–Crippen LogP) is 1.45. The van der Waals surface area contributed by atoms with Crippen molar-refractivity contribution in [3.05, 3.63) is 48.0 Å². The van der Waals surface area contributed by atoms with Crippen molar-refractivity contribution in [2.75, 3.05) is 31.1 Å². The van der Waals surface area contributed by atoms with E-state index in [4.69, 9.17) is 0 Å². The standard InChI is InChI=1S/C16H19FN4O/c1-19-7-6-18-16(19)21-10-8-20(9-11-21)15(22)12-13-2-4-14(17)5-3-13/h2-7H,8-12H2,1H3. The van der Waals surface area contributed by atoms with Crippen molar-refractivity contribution in [3.8, 4) is 0 Å². The van der Waals surface area contributed by atoms with Crippen LogP contribution < -0.4 is 4.90 Å². The van der Waals surface area contributed by atoms with E-state index in [0.29, 0.717) is 19.5 Å². The van der Waals surface area contributed by atoms with Crippen LogP contribution in [0.2, 0.25) is 0 Å². The lowest BCUT2D eigenvalue weighted by Gasteiger charge is -2.35. The maximum Gasteiger partial charge on any atom is 0.227 e. The Morgan fingerprint density at radius 1 is 1.18 bits per heavy atom. The van der Waals surface area contributed by atoms with Gasteiger partial charge in [0.05, 0.1) is 6.42 Å². The summed E-state index contributed by atoms with van der Waals surface area (Å²) in [6.07, 6.45) is 4.02. The molecule has 1 amide bonds. The van der Waals surface area contributed by atoms with E-state index >= 15 is 0 Å². The van der Waals surface area contributed by atoms with Gasteiger partial charge in [0.15, 0.2) is 0 Å². The van der Waals surface area contributed by atoms with Crippen LogP contribution in [0.4, 0.5) is 10.3 Å². The number of amides is 1. The van der Waals surface area contributed by atoms with Crippen LogP contribution >= 0.6 is 0 Å². The van der Waals surface area contributed by atoms with Crippen LogP contribution in [0.5, 0.6) is 0 Å². The zero-order valence-electron chi connectivity index (χ0n) is 12.6. The van der Waals surface area contributed by atoms with Crippen LogP contribution in [0.15, 0.2) is 36.7 Å². The molecule has 1 saturated heterocycles. The van der Waals surface area contributed by atoms with Crippen LogP contribution in [0, 0.1) is 5.82 Å². The van der Waals surface area contributed by atoms with Gasteiger partial charge < -0.3 is 14.4 Å². The first kappa shape index (κ1) is 14.6. The number of nitrogens with zero attached hydrogens (tertiary/aromatic N) is 4. The molecule has 22 heavy (non-hydrogen) atoms. The number of halogens is 1. The topological polar surface area (TPSA) is 41.4 Å². The zero-order valence-corrected chi connectivity index (χ0v) is 12.6. The third-order valence-electron chi connectivity index (χ3n) is 3.98. The van der Waals surface area contributed by atoms with E-state index in [1.165, 1.54) is 12.1 Å².